The number of fused-ring (bicyclic) bond motifs is 1. The van der Waals surface area contributed by atoms with Crippen LogP contribution in [0.2, 0.25) is 0 Å². The van der Waals surface area contributed by atoms with Gasteiger partial charge < -0.3 is 15.4 Å². The van der Waals surface area contributed by atoms with Crippen LogP contribution in [0.3, 0.4) is 0 Å². The van der Waals surface area contributed by atoms with Crippen molar-refractivity contribution in [2.75, 3.05) is 11.9 Å². The number of ether oxygens (including phenoxy) is 1. The Hall–Kier alpha value is -3.60. The highest BCUT2D eigenvalue weighted by Gasteiger charge is 2.28. The molecule has 0 radical (unpaired) electrons. The second-order valence-electron chi connectivity index (χ2n) is 6.61. The molecule has 0 bridgehead atoms. The maximum absolute atomic E-state index is 12.8. The molecule has 0 aromatic heterocycles. The number of anilines is 1. The van der Waals surface area contributed by atoms with E-state index < -0.39 is 32.4 Å². The molecular weight excluding hydrogens is 444 g/mol. The van der Waals surface area contributed by atoms with Crippen LogP contribution in [0, 0.1) is 0 Å². The zero-order valence-corrected chi connectivity index (χ0v) is 17.9. The molecule has 168 valence electrons. The van der Waals surface area contributed by atoms with Crippen molar-refractivity contribution in [2.45, 2.75) is 24.5 Å². The smallest absolute Gasteiger partial charge is 0.343 e. The van der Waals surface area contributed by atoms with Gasteiger partial charge in [-0.3, -0.25) is 4.79 Å². The monoisotopic (exact) mass is 463 g/mol. The second-order valence-corrected chi connectivity index (χ2v) is 8.52. The van der Waals surface area contributed by atoms with Crippen LogP contribution in [-0.2, 0) is 19.4 Å². The van der Waals surface area contributed by atoms with Crippen molar-refractivity contribution < 1.29 is 31.5 Å². The minimum atomic E-state index is -4.78. The molecule has 32 heavy (non-hydrogen) atoms. The third kappa shape index (κ3) is 4.67. The number of nitrogens with one attached hydrogen (secondary N) is 2. The van der Waals surface area contributed by atoms with Crippen molar-refractivity contribution in [1.82, 2.24) is 5.32 Å². The maximum atomic E-state index is 12.8. The van der Waals surface area contributed by atoms with Crippen LogP contribution in [0.4, 0.5) is 20.2 Å². The van der Waals surface area contributed by atoms with E-state index >= 15 is 0 Å². The van der Waals surface area contributed by atoms with Gasteiger partial charge in [0.05, 0.1) is 22.9 Å². The predicted octanol–water partition coefficient (Wildman–Crippen LogP) is 3.41. The summed E-state index contributed by atoms with van der Waals surface area (Å²) >= 11 is 0. The number of alkyl halides is 2. The van der Waals surface area contributed by atoms with Gasteiger partial charge in [-0.25, -0.2) is 18.2 Å². The Morgan fingerprint density at radius 3 is 2.41 bits per heavy atom. The fourth-order valence-corrected chi connectivity index (χ4v) is 3.64. The van der Waals surface area contributed by atoms with Gasteiger partial charge in [-0.05, 0) is 50.2 Å². The number of amides is 1. The number of carbonyl (C=O) groups is 2. The zero-order valence-electron chi connectivity index (χ0n) is 17.1. The van der Waals surface area contributed by atoms with E-state index in [0.717, 1.165) is 24.3 Å². The van der Waals surface area contributed by atoms with Gasteiger partial charge in [-0.15, -0.1) is 0 Å². The minimum Gasteiger partial charge on any atom is -0.462 e. The number of rotatable bonds is 5. The van der Waals surface area contributed by atoms with Crippen LogP contribution in [0.15, 0.2) is 69.7 Å². The minimum absolute atomic E-state index is 0.00768. The first-order valence-corrected chi connectivity index (χ1v) is 11.0. The van der Waals surface area contributed by atoms with E-state index in [1.54, 1.807) is 38.1 Å². The number of nitrogens with zero attached hydrogens (tertiary/aromatic N) is 1. The SMILES string of the molecule is CCOC(=O)C1=C(C)Nc2ccccc2N=C1NC(=O)c1ccc(S(=O)(=O)C(F)F)cc1. The summed E-state index contributed by atoms with van der Waals surface area (Å²) in [6.45, 7) is 3.36. The molecule has 2 N–H and O–H groups in total. The molecule has 1 amide bonds. The maximum Gasteiger partial charge on any atom is 0.343 e. The van der Waals surface area contributed by atoms with E-state index in [1.165, 1.54) is 0 Å². The number of hydrogen-bond acceptors (Lipinski definition) is 7. The summed E-state index contributed by atoms with van der Waals surface area (Å²) in [4.78, 5) is 29.1. The molecule has 2 aromatic rings. The Morgan fingerprint density at radius 1 is 1.12 bits per heavy atom. The number of sulfone groups is 1. The summed E-state index contributed by atoms with van der Waals surface area (Å²) in [7, 11) is -4.78. The molecule has 11 heteroatoms. The standard InChI is InChI=1S/C21H19F2N3O5S/c1-3-31-20(28)17-12(2)24-15-6-4-5-7-16(15)25-18(17)26-19(27)13-8-10-14(11-9-13)32(29,30)21(22)23/h4-11,21,24H,3H2,1-2H3,(H,25,26,27). The lowest BCUT2D eigenvalue weighted by molar-refractivity contribution is -0.137. The number of hydrogen-bond donors (Lipinski definition) is 2. The molecule has 1 heterocycles. The molecule has 0 fully saturated rings. The highest BCUT2D eigenvalue weighted by Crippen LogP contribution is 2.30. The lowest BCUT2D eigenvalue weighted by atomic mass is 10.1. The summed E-state index contributed by atoms with van der Waals surface area (Å²) in [5.41, 5.74) is 1.45. The molecule has 3 rings (SSSR count). The Balaban J connectivity index is 1.97. The number of allylic oxidation sites excluding steroid dienone is 1. The van der Waals surface area contributed by atoms with Crippen molar-refractivity contribution in [1.29, 1.82) is 0 Å². The van der Waals surface area contributed by atoms with Crippen molar-refractivity contribution in [3.63, 3.8) is 0 Å². The van der Waals surface area contributed by atoms with Gasteiger partial charge in [0.25, 0.3) is 5.91 Å². The number of benzene rings is 2. The first kappa shape index (κ1) is 23.1. The average Bonchev–Trinajstić information content (AvgIpc) is 2.88. The summed E-state index contributed by atoms with van der Waals surface area (Å²) in [5.74, 6) is -5.08. The molecule has 0 unspecified atom stereocenters. The number of carbonyl (C=O) groups excluding carboxylic acids is 2. The van der Waals surface area contributed by atoms with Gasteiger partial charge in [0.2, 0.25) is 9.84 Å². The third-order valence-corrected chi connectivity index (χ3v) is 5.86. The molecule has 1 aliphatic rings. The zero-order chi connectivity index (χ0) is 23.5. The van der Waals surface area contributed by atoms with Gasteiger partial charge in [-0.2, -0.15) is 8.78 Å². The van der Waals surface area contributed by atoms with Gasteiger partial charge in [0.1, 0.15) is 11.4 Å². The quantitative estimate of drug-likeness (QED) is 0.657. The molecule has 0 aliphatic carbocycles. The fraction of sp³-hybridized carbons (Fsp3) is 0.190. The lowest BCUT2D eigenvalue weighted by Gasteiger charge is -2.13. The van der Waals surface area contributed by atoms with E-state index in [-0.39, 0.29) is 23.6 Å². The van der Waals surface area contributed by atoms with Crippen molar-refractivity contribution in [3.05, 3.63) is 65.4 Å². The second kappa shape index (κ2) is 9.27. The summed E-state index contributed by atoms with van der Waals surface area (Å²) in [6.07, 6.45) is 0. The Morgan fingerprint density at radius 2 is 1.78 bits per heavy atom. The Labute approximate surface area is 182 Å². The number of aliphatic imine (C=N–C) groups is 1. The summed E-state index contributed by atoms with van der Waals surface area (Å²) in [5, 5.41) is 5.60. The molecule has 0 saturated carbocycles. The Bertz CT molecular complexity index is 1220. The van der Waals surface area contributed by atoms with Crippen LogP contribution in [0.25, 0.3) is 0 Å². The molecule has 0 saturated heterocycles. The largest absolute Gasteiger partial charge is 0.462 e. The van der Waals surface area contributed by atoms with Crippen LogP contribution < -0.4 is 10.6 Å². The first-order chi connectivity index (χ1) is 15.1. The molecule has 0 spiro atoms. The molecule has 0 atom stereocenters. The number of esters is 1. The van der Waals surface area contributed by atoms with E-state index in [9.17, 15) is 26.8 Å². The highest BCUT2D eigenvalue weighted by molar-refractivity contribution is 7.91. The van der Waals surface area contributed by atoms with E-state index in [1.807, 2.05) is 0 Å². The van der Waals surface area contributed by atoms with Crippen LogP contribution >= 0.6 is 0 Å². The number of para-hydroxylation sites is 2. The van der Waals surface area contributed by atoms with Gasteiger partial charge in [0.15, 0.2) is 0 Å². The van der Waals surface area contributed by atoms with E-state index in [0.29, 0.717) is 17.1 Å². The lowest BCUT2D eigenvalue weighted by Crippen LogP contribution is -2.35. The van der Waals surface area contributed by atoms with Crippen LogP contribution in [0.1, 0.15) is 24.2 Å². The predicted molar refractivity (Wildman–Crippen MR) is 114 cm³/mol. The normalized spacial score (nSPS) is 13.6. The van der Waals surface area contributed by atoms with E-state index in [2.05, 4.69) is 15.6 Å². The number of halogens is 2. The van der Waals surface area contributed by atoms with Gasteiger partial charge in [-0.1, -0.05) is 12.1 Å². The molecule has 2 aromatic carbocycles. The molecule has 8 nitrogen and oxygen atoms in total. The first-order valence-electron chi connectivity index (χ1n) is 9.41. The highest BCUT2D eigenvalue weighted by atomic mass is 32.2. The summed E-state index contributed by atoms with van der Waals surface area (Å²) < 4.78 is 53.6. The average molecular weight is 463 g/mol. The van der Waals surface area contributed by atoms with Gasteiger partial charge >= 0.3 is 11.7 Å². The molecule has 1 aliphatic heterocycles. The Kier molecular flexibility index (Phi) is 6.68. The molecular formula is C21H19F2N3O5S. The van der Waals surface area contributed by atoms with Crippen molar-refractivity contribution >= 4 is 38.9 Å². The van der Waals surface area contributed by atoms with Crippen molar-refractivity contribution in [3.8, 4) is 0 Å². The fourth-order valence-electron chi connectivity index (χ4n) is 2.92. The third-order valence-electron chi connectivity index (χ3n) is 4.46. The van der Waals surface area contributed by atoms with Crippen LogP contribution in [0.5, 0.6) is 0 Å². The van der Waals surface area contributed by atoms with Crippen molar-refractivity contribution in [2.24, 2.45) is 4.99 Å². The topological polar surface area (TPSA) is 114 Å². The number of amidine groups is 1. The van der Waals surface area contributed by atoms with Gasteiger partial charge in [0, 0.05) is 11.3 Å². The summed E-state index contributed by atoms with van der Waals surface area (Å²) in [6, 6.07) is 10.9. The van der Waals surface area contributed by atoms with E-state index in [4.69, 9.17) is 4.74 Å². The van der Waals surface area contributed by atoms with Crippen LogP contribution in [-0.4, -0.2) is 38.5 Å².